The first-order valence-electron chi connectivity index (χ1n) is 9.06. The summed E-state index contributed by atoms with van der Waals surface area (Å²) in [4.78, 5) is 28.2. The molecule has 3 unspecified atom stereocenters. The average molecular weight is 385 g/mol. The molecule has 0 radical (unpaired) electrons. The Hall–Kier alpha value is -2.47. The Bertz CT molecular complexity index is 831. The highest BCUT2D eigenvalue weighted by atomic mass is 32.1. The van der Waals surface area contributed by atoms with E-state index in [1.54, 1.807) is 0 Å². The number of benzene rings is 1. The van der Waals surface area contributed by atoms with Crippen molar-refractivity contribution in [2.75, 3.05) is 12.4 Å². The molecule has 1 aliphatic carbocycles. The van der Waals surface area contributed by atoms with Crippen LogP contribution in [0.25, 0.3) is 0 Å². The molecule has 1 heterocycles. The van der Waals surface area contributed by atoms with Crippen LogP contribution in [0.3, 0.4) is 0 Å². The van der Waals surface area contributed by atoms with E-state index in [9.17, 15) is 9.59 Å². The van der Waals surface area contributed by atoms with Crippen LogP contribution >= 0.6 is 11.3 Å². The quantitative estimate of drug-likeness (QED) is 0.609. The zero-order valence-electron chi connectivity index (χ0n) is 15.6. The van der Waals surface area contributed by atoms with E-state index < -0.39 is 0 Å². The summed E-state index contributed by atoms with van der Waals surface area (Å²) >= 11 is 1.41. The summed E-state index contributed by atoms with van der Waals surface area (Å²) in [6, 6.07) is 10.3. The van der Waals surface area contributed by atoms with E-state index >= 15 is 0 Å². The van der Waals surface area contributed by atoms with Crippen LogP contribution in [0.4, 0.5) is 5.13 Å². The number of aromatic nitrogens is 1. The van der Waals surface area contributed by atoms with Gasteiger partial charge in [0.25, 0.3) is 0 Å². The van der Waals surface area contributed by atoms with E-state index in [1.807, 2.05) is 23.6 Å². The number of carbonyl (C=O) groups excluding carboxylic acids is 2. The molecule has 27 heavy (non-hydrogen) atoms. The Balaban J connectivity index is 2.00. The van der Waals surface area contributed by atoms with E-state index in [2.05, 4.69) is 29.0 Å². The molecule has 1 N–H and O–H groups in total. The molecule has 5 nitrogen and oxygen atoms in total. The first-order chi connectivity index (χ1) is 13.0. The molecule has 142 valence electrons. The van der Waals surface area contributed by atoms with Gasteiger partial charge in [0.2, 0.25) is 5.91 Å². The summed E-state index contributed by atoms with van der Waals surface area (Å²) < 4.78 is 4.93. The number of carbonyl (C=O) groups is 2. The van der Waals surface area contributed by atoms with Crippen molar-refractivity contribution in [2.24, 2.45) is 5.92 Å². The van der Waals surface area contributed by atoms with Crippen molar-refractivity contribution in [1.29, 1.82) is 0 Å². The van der Waals surface area contributed by atoms with E-state index in [1.165, 1.54) is 30.9 Å². The lowest BCUT2D eigenvalue weighted by Gasteiger charge is -2.38. The first-order valence-corrected chi connectivity index (χ1v) is 9.94. The molecule has 1 saturated carbocycles. The number of hydrogen-bond acceptors (Lipinski definition) is 5. The molecule has 1 aliphatic rings. The van der Waals surface area contributed by atoms with E-state index in [4.69, 9.17) is 4.74 Å². The Morgan fingerprint density at radius 2 is 2.00 bits per heavy atom. The minimum Gasteiger partial charge on any atom is -0.466 e. The van der Waals surface area contributed by atoms with Gasteiger partial charge in [-0.2, -0.15) is 0 Å². The molecular formula is C21H24N2O3S. The number of nitrogens with zero attached hydrogens (tertiary/aromatic N) is 1. The molecular weight excluding hydrogens is 360 g/mol. The summed E-state index contributed by atoms with van der Waals surface area (Å²) in [7, 11) is 1.39. The lowest BCUT2D eigenvalue weighted by atomic mass is 9.66. The highest BCUT2D eigenvalue weighted by Crippen LogP contribution is 2.50. The molecule has 3 atom stereocenters. The van der Waals surface area contributed by atoms with E-state index in [-0.39, 0.29) is 29.6 Å². The lowest BCUT2D eigenvalue weighted by molar-refractivity contribution is -0.137. The Labute approximate surface area is 163 Å². The van der Waals surface area contributed by atoms with Crippen molar-refractivity contribution in [3.05, 3.63) is 59.1 Å². The third-order valence-electron chi connectivity index (χ3n) is 5.17. The maximum Gasteiger partial charge on any atom is 0.333 e. The second-order valence-electron chi connectivity index (χ2n) is 6.86. The van der Waals surface area contributed by atoms with Gasteiger partial charge in [-0.15, -0.1) is 11.3 Å². The third kappa shape index (κ3) is 4.27. The molecule has 1 aromatic heterocycles. The van der Waals surface area contributed by atoms with Crippen LogP contribution in [0.2, 0.25) is 0 Å². The van der Waals surface area contributed by atoms with Gasteiger partial charge in [-0.25, -0.2) is 9.78 Å². The van der Waals surface area contributed by atoms with Crippen LogP contribution in [-0.4, -0.2) is 24.0 Å². The Morgan fingerprint density at radius 1 is 1.26 bits per heavy atom. The second kappa shape index (κ2) is 8.48. The van der Waals surface area contributed by atoms with Gasteiger partial charge in [0.05, 0.1) is 12.8 Å². The maximum absolute atomic E-state index is 12.2. The minimum absolute atomic E-state index is 0.0199. The second-order valence-corrected chi connectivity index (χ2v) is 7.71. The van der Waals surface area contributed by atoms with Crippen LogP contribution in [0.5, 0.6) is 0 Å². The molecule has 1 fully saturated rings. The highest BCUT2D eigenvalue weighted by molar-refractivity contribution is 7.13. The molecule has 1 aromatic carbocycles. The summed E-state index contributed by atoms with van der Waals surface area (Å²) in [6.07, 6.45) is 2.90. The maximum atomic E-state index is 12.2. The number of amides is 1. The van der Waals surface area contributed by atoms with Crippen molar-refractivity contribution in [3.63, 3.8) is 0 Å². The van der Waals surface area contributed by atoms with Crippen LogP contribution < -0.4 is 5.32 Å². The molecule has 6 heteroatoms. The van der Waals surface area contributed by atoms with E-state index in [0.717, 1.165) is 25.0 Å². The fraction of sp³-hybridized carbons (Fsp3) is 0.381. The predicted octanol–water partition coefficient (Wildman–Crippen LogP) is 4.50. The number of hydrogen-bond donors (Lipinski definition) is 1. The topological polar surface area (TPSA) is 68.3 Å². The number of rotatable bonds is 5. The number of nitrogens with one attached hydrogen (secondary N) is 1. The molecule has 1 amide bonds. The van der Waals surface area contributed by atoms with Gasteiger partial charge in [-0.05, 0) is 30.2 Å². The van der Waals surface area contributed by atoms with Crippen molar-refractivity contribution < 1.29 is 14.3 Å². The number of esters is 1. The normalized spacial score (nSPS) is 22.1. The SMILES string of the molecule is C=C(C(=O)OC)C1CCCC(c2ccccc2)C1c1csc(NC(C)=O)n1. The van der Waals surface area contributed by atoms with Gasteiger partial charge in [0.1, 0.15) is 0 Å². The average Bonchev–Trinajstić information content (AvgIpc) is 3.14. The Kier molecular flexibility index (Phi) is 6.06. The van der Waals surface area contributed by atoms with Crippen molar-refractivity contribution in [1.82, 2.24) is 4.98 Å². The van der Waals surface area contributed by atoms with Gasteiger partial charge < -0.3 is 10.1 Å². The third-order valence-corrected chi connectivity index (χ3v) is 5.94. The Morgan fingerprint density at radius 3 is 2.67 bits per heavy atom. The van der Waals surface area contributed by atoms with Crippen molar-refractivity contribution in [3.8, 4) is 0 Å². The standard InChI is InChI=1S/C21H24N2O3S/c1-13(20(25)26-3)16-10-7-11-17(15-8-5-4-6-9-15)19(16)18-12-27-21(23-18)22-14(2)24/h4-6,8-9,12,16-17,19H,1,7,10-11H2,2-3H3,(H,22,23,24). The largest absolute Gasteiger partial charge is 0.466 e. The molecule has 0 bridgehead atoms. The molecule has 0 aliphatic heterocycles. The van der Waals surface area contributed by atoms with Crippen LogP contribution in [0.1, 0.15) is 49.3 Å². The summed E-state index contributed by atoms with van der Waals surface area (Å²) in [6.45, 7) is 5.51. The van der Waals surface area contributed by atoms with Crippen LogP contribution in [0, 0.1) is 5.92 Å². The number of ether oxygens (including phenoxy) is 1. The lowest BCUT2D eigenvalue weighted by Crippen LogP contribution is -2.29. The number of anilines is 1. The van der Waals surface area contributed by atoms with E-state index in [0.29, 0.717) is 10.7 Å². The van der Waals surface area contributed by atoms with Crippen molar-refractivity contribution >= 4 is 28.3 Å². The molecule has 0 spiro atoms. The fourth-order valence-electron chi connectivity index (χ4n) is 4.00. The molecule has 2 aromatic rings. The van der Waals surface area contributed by atoms with Gasteiger partial charge in [-0.1, -0.05) is 43.3 Å². The summed E-state index contributed by atoms with van der Waals surface area (Å²) in [5, 5.41) is 5.31. The summed E-state index contributed by atoms with van der Waals surface area (Å²) in [5.74, 6) is -0.292. The number of methoxy groups -OCH3 is 1. The number of thiazole rings is 1. The minimum atomic E-state index is -0.365. The predicted molar refractivity (Wildman–Crippen MR) is 107 cm³/mol. The molecule has 3 rings (SSSR count). The highest BCUT2D eigenvalue weighted by Gasteiger charge is 2.40. The zero-order chi connectivity index (χ0) is 19.4. The smallest absolute Gasteiger partial charge is 0.333 e. The molecule has 0 saturated heterocycles. The van der Waals surface area contributed by atoms with Crippen LogP contribution in [0.15, 0.2) is 47.9 Å². The van der Waals surface area contributed by atoms with Gasteiger partial charge in [0.15, 0.2) is 5.13 Å². The zero-order valence-corrected chi connectivity index (χ0v) is 16.4. The summed E-state index contributed by atoms with van der Waals surface area (Å²) in [5.41, 5.74) is 2.63. The first kappa shape index (κ1) is 19.3. The van der Waals surface area contributed by atoms with Gasteiger partial charge >= 0.3 is 5.97 Å². The van der Waals surface area contributed by atoms with Crippen molar-refractivity contribution in [2.45, 2.75) is 38.0 Å². The van der Waals surface area contributed by atoms with Gasteiger partial charge in [-0.3, -0.25) is 4.79 Å². The monoisotopic (exact) mass is 384 g/mol. The van der Waals surface area contributed by atoms with Gasteiger partial charge in [0, 0.05) is 23.8 Å². The van der Waals surface area contributed by atoms with Crippen LogP contribution in [-0.2, 0) is 14.3 Å². The fourth-order valence-corrected chi connectivity index (χ4v) is 4.81.